The van der Waals surface area contributed by atoms with E-state index in [1.165, 1.54) is 16.9 Å². The minimum absolute atomic E-state index is 0.217. The van der Waals surface area contributed by atoms with Crippen LogP contribution < -0.4 is 0 Å². The molecule has 2 rings (SSSR count). The van der Waals surface area contributed by atoms with Gasteiger partial charge in [0.2, 0.25) is 0 Å². The van der Waals surface area contributed by atoms with Crippen LogP contribution in [0.5, 0.6) is 0 Å². The highest BCUT2D eigenvalue weighted by Gasteiger charge is 2.13. The zero-order valence-electron chi connectivity index (χ0n) is 9.32. The van der Waals surface area contributed by atoms with E-state index >= 15 is 0 Å². The number of carbonyl (C=O) groups is 1. The number of hydrogen-bond acceptors (Lipinski definition) is 4. The Kier molecular flexibility index (Phi) is 3.51. The largest absolute Gasteiger partial charge is 0.293 e. The van der Waals surface area contributed by atoms with Crippen molar-refractivity contribution in [3.8, 4) is 0 Å². The molecule has 0 bridgehead atoms. The number of thiophene rings is 1. The summed E-state index contributed by atoms with van der Waals surface area (Å²) in [5.74, 6) is 0.217. The molecule has 0 aliphatic rings. The van der Waals surface area contributed by atoms with Crippen molar-refractivity contribution in [2.24, 2.45) is 0 Å². The summed E-state index contributed by atoms with van der Waals surface area (Å²) in [5, 5.41) is 5.11. The molecule has 0 aliphatic heterocycles. The molecule has 4 heteroatoms. The number of ketones is 1. The number of rotatable bonds is 4. The van der Waals surface area contributed by atoms with E-state index in [-0.39, 0.29) is 5.78 Å². The van der Waals surface area contributed by atoms with Crippen molar-refractivity contribution in [1.82, 2.24) is 4.98 Å². The molecule has 0 saturated heterocycles. The Morgan fingerprint density at radius 2 is 2.25 bits per heavy atom. The SMILES string of the molecule is Cc1nc(C)c(C(=O)CCc2ccsc2)s1. The highest BCUT2D eigenvalue weighted by atomic mass is 32.1. The molecule has 2 nitrogen and oxygen atoms in total. The number of aromatic nitrogens is 1. The lowest BCUT2D eigenvalue weighted by Crippen LogP contribution is -2.00. The lowest BCUT2D eigenvalue weighted by Gasteiger charge is -1.97. The van der Waals surface area contributed by atoms with E-state index in [0.29, 0.717) is 6.42 Å². The predicted molar refractivity (Wildman–Crippen MR) is 68.6 cm³/mol. The molecule has 0 unspecified atom stereocenters. The maximum absolute atomic E-state index is 11.9. The second-order valence-corrected chi connectivity index (χ2v) is 5.69. The number of carbonyl (C=O) groups excluding carboxylic acids is 1. The van der Waals surface area contributed by atoms with Crippen LogP contribution in [0, 0.1) is 13.8 Å². The predicted octanol–water partition coefficient (Wildman–Crippen LogP) is 3.64. The van der Waals surface area contributed by atoms with E-state index in [4.69, 9.17) is 0 Å². The van der Waals surface area contributed by atoms with Crippen LogP contribution >= 0.6 is 22.7 Å². The van der Waals surface area contributed by atoms with Crippen LogP contribution in [0.25, 0.3) is 0 Å². The Hall–Kier alpha value is -1.00. The van der Waals surface area contributed by atoms with Gasteiger partial charge in [0.1, 0.15) is 0 Å². The zero-order valence-corrected chi connectivity index (χ0v) is 11.0. The van der Waals surface area contributed by atoms with Crippen LogP contribution in [-0.4, -0.2) is 10.8 Å². The van der Waals surface area contributed by atoms with Gasteiger partial charge in [0, 0.05) is 6.42 Å². The third-order valence-electron chi connectivity index (χ3n) is 2.38. The van der Waals surface area contributed by atoms with Crippen molar-refractivity contribution < 1.29 is 4.79 Å². The van der Waals surface area contributed by atoms with Gasteiger partial charge in [-0.1, -0.05) is 0 Å². The first-order valence-electron chi connectivity index (χ1n) is 5.15. The van der Waals surface area contributed by atoms with Gasteiger partial charge in [-0.25, -0.2) is 4.98 Å². The zero-order chi connectivity index (χ0) is 11.5. The summed E-state index contributed by atoms with van der Waals surface area (Å²) in [6.45, 7) is 3.84. The van der Waals surface area contributed by atoms with Gasteiger partial charge >= 0.3 is 0 Å². The lowest BCUT2D eigenvalue weighted by molar-refractivity contribution is 0.0986. The third kappa shape index (κ3) is 2.57. The monoisotopic (exact) mass is 251 g/mol. The van der Waals surface area contributed by atoms with Crippen molar-refractivity contribution in [3.05, 3.63) is 38.0 Å². The van der Waals surface area contributed by atoms with Crippen LogP contribution in [0.3, 0.4) is 0 Å². The molecule has 2 aromatic rings. The Balaban J connectivity index is 2.01. The lowest BCUT2D eigenvalue weighted by atomic mass is 10.1. The van der Waals surface area contributed by atoms with Crippen molar-refractivity contribution in [2.45, 2.75) is 26.7 Å². The van der Waals surface area contributed by atoms with Gasteiger partial charge in [-0.2, -0.15) is 11.3 Å². The highest BCUT2D eigenvalue weighted by Crippen LogP contribution is 2.20. The van der Waals surface area contributed by atoms with Crippen LogP contribution in [0.15, 0.2) is 16.8 Å². The fraction of sp³-hybridized carbons (Fsp3) is 0.333. The Morgan fingerprint density at radius 3 is 2.81 bits per heavy atom. The summed E-state index contributed by atoms with van der Waals surface area (Å²) < 4.78 is 0. The minimum Gasteiger partial charge on any atom is -0.293 e. The van der Waals surface area contributed by atoms with E-state index in [1.54, 1.807) is 11.3 Å². The van der Waals surface area contributed by atoms with E-state index in [0.717, 1.165) is 22.0 Å². The maximum atomic E-state index is 11.9. The molecule has 0 spiro atoms. The number of Topliss-reactive ketones (excluding diaryl/α,β-unsaturated/α-hetero) is 1. The molecular formula is C12H13NOS2. The standard InChI is InChI=1S/C12H13NOS2/c1-8-12(16-9(2)13-8)11(14)4-3-10-5-6-15-7-10/h5-7H,3-4H2,1-2H3. The van der Waals surface area contributed by atoms with Gasteiger partial charge < -0.3 is 0 Å². The number of aryl methyl sites for hydroxylation is 3. The first-order valence-corrected chi connectivity index (χ1v) is 6.91. The third-order valence-corrected chi connectivity index (χ3v) is 4.22. The number of nitrogens with zero attached hydrogens (tertiary/aromatic N) is 1. The van der Waals surface area contributed by atoms with E-state index in [2.05, 4.69) is 16.4 Å². The molecule has 0 aromatic carbocycles. The maximum Gasteiger partial charge on any atom is 0.175 e. The summed E-state index contributed by atoms with van der Waals surface area (Å²) in [7, 11) is 0. The van der Waals surface area contributed by atoms with Crippen molar-refractivity contribution in [2.75, 3.05) is 0 Å². The summed E-state index contributed by atoms with van der Waals surface area (Å²) in [6.07, 6.45) is 1.41. The average Bonchev–Trinajstić information content (AvgIpc) is 2.84. The van der Waals surface area contributed by atoms with Crippen LogP contribution in [-0.2, 0) is 6.42 Å². The number of hydrogen-bond donors (Lipinski definition) is 0. The van der Waals surface area contributed by atoms with Crippen LogP contribution in [0.1, 0.15) is 32.4 Å². The first-order chi connectivity index (χ1) is 7.66. The molecule has 0 radical (unpaired) electrons. The smallest absolute Gasteiger partial charge is 0.175 e. The number of thiazole rings is 1. The summed E-state index contributed by atoms with van der Waals surface area (Å²) in [6, 6.07) is 2.07. The highest BCUT2D eigenvalue weighted by molar-refractivity contribution is 7.13. The molecule has 2 aromatic heterocycles. The fourth-order valence-corrected chi connectivity index (χ4v) is 3.19. The topological polar surface area (TPSA) is 30.0 Å². The Bertz CT molecular complexity index is 485. The van der Waals surface area contributed by atoms with Crippen molar-refractivity contribution >= 4 is 28.5 Å². The molecule has 84 valence electrons. The molecule has 0 atom stereocenters. The molecule has 0 aliphatic carbocycles. The van der Waals surface area contributed by atoms with Crippen molar-refractivity contribution in [1.29, 1.82) is 0 Å². The molecule has 0 N–H and O–H groups in total. The molecule has 16 heavy (non-hydrogen) atoms. The van der Waals surface area contributed by atoms with Gasteiger partial charge in [-0.15, -0.1) is 11.3 Å². The first kappa shape index (κ1) is 11.5. The van der Waals surface area contributed by atoms with Crippen LogP contribution in [0.4, 0.5) is 0 Å². The molecule has 0 fully saturated rings. The molecular weight excluding hydrogens is 238 g/mol. The normalized spacial score (nSPS) is 10.6. The van der Waals surface area contributed by atoms with Gasteiger partial charge in [-0.05, 0) is 42.7 Å². The van der Waals surface area contributed by atoms with Crippen molar-refractivity contribution in [3.63, 3.8) is 0 Å². The molecule has 2 heterocycles. The van der Waals surface area contributed by atoms with Gasteiger partial charge in [0.05, 0.1) is 15.6 Å². The second-order valence-electron chi connectivity index (χ2n) is 3.70. The van der Waals surface area contributed by atoms with Gasteiger partial charge in [-0.3, -0.25) is 4.79 Å². The second kappa shape index (κ2) is 4.89. The summed E-state index contributed by atoms with van der Waals surface area (Å²) >= 11 is 3.17. The minimum atomic E-state index is 0.217. The van der Waals surface area contributed by atoms with E-state index in [9.17, 15) is 4.79 Å². The quantitative estimate of drug-likeness (QED) is 0.777. The fourth-order valence-electron chi connectivity index (χ4n) is 1.60. The van der Waals surface area contributed by atoms with Gasteiger partial charge in [0.15, 0.2) is 5.78 Å². The molecule has 0 saturated carbocycles. The van der Waals surface area contributed by atoms with E-state index < -0.39 is 0 Å². The Labute approximate surface area is 103 Å². The van der Waals surface area contributed by atoms with Crippen LogP contribution in [0.2, 0.25) is 0 Å². The summed E-state index contributed by atoms with van der Waals surface area (Å²) in [4.78, 5) is 17.1. The molecule has 0 amide bonds. The van der Waals surface area contributed by atoms with E-state index in [1.807, 2.05) is 19.2 Å². The average molecular weight is 251 g/mol. The summed E-state index contributed by atoms with van der Waals surface area (Å²) in [5.41, 5.74) is 2.12. The Morgan fingerprint density at radius 1 is 1.44 bits per heavy atom. The van der Waals surface area contributed by atoms with Gasteiger partial charge in [0.25, 0.3) is 0 Å².